The van der Waals surface area contributed by atoms with Crippen molar-refractivity contribution in [3.63, 3.8) is 0 Å². The highest BCUT2D eigenvalue weighted by atomic mass is 35.5. The Morgan fingerprint density at radius 2 is 2.00 bits per heavy atom. The lowest BCUT2D eigenvalue weighted by Gasteiger charge is -2.06. The van der Waals surface area contributed by atoms with Crippen molar-refractivity contribution < 1.29 is 4.74 Å². The molecular weight excluding hydrogens is 331 g/mol. The number of benzene rings is 1. The molecule has 0 unspecified atom stereocenters. The Kier molecular flexibility index (Phi) is 7.88. The van der Waals surface area contributed by atoms with Crippen molar-refractivity contribution in [2.75, 3.05) is 18.9 Å². The number of hydrogen-bond acceptors (Lipinski definition) is 5. The molecule has 1 aromatic heterocycles. The van der Waals surface area contributed by atoms with Crippen LogP contribution in [-0.4, -0.2) is 33.7 Å². The largest absolute Gasteiger partial charge is 0.493 e. The van der Waals surface area contributed by atoms with Crippen LogP contribution in [0.5, 0.6) is 5.75 Å². The highest BCUT2D eigenvalue weighted by Gasteiger charge is 2.08. The van der Waals surface area contributed by atoms with Crippen LogP contribution >= 0.6 is 35.8 Å². The maximum atomic E-state index is 5.81. The van der Waals surface area contributed by atoms with Crippen LogP contribution in [0.15, 0.2) is 29.4 Å². The third kappa shape index (κ3) is 5.39. The lowest BCUT2D eigenvalue weighted by Crippen LogP contribution is -2.08. The van der Waals surface area contributed by atoms with E-state index in [0.29, 0.717) is 18.2 Å². The summed E-state index contributed by atoms with van der Waals surface area (Å²) >= 11 is 7.43. The van der Waals surface area contributed by atoms with Gasteiger partial charge < -0.3 is 15.0 Å². The molecule has 0 saturated heterocycles. The van der Waals surface area contributed by atoms with E-state index in [4.69, 9.17) is 22.1 Å². The molecule has 0 saturated carbocycles. The Morgan fingerprint density at radius 3 is 2.67 bits per heavy atom. The van der Waals surface area contributed by atoms with Crippen LogP contribution in [0.2, 0.25) is 5.02 Å². The Bertz CT molecular complexity index is 548. The predicted octanol–water partition coefficient (Wildman–Crippen LogP) is 2.56. The summed E-state index contributed by atoms with van der Waals surface area (Å²) in [5.74, 6) is 2.53. The smallest absolute Gasteiger partial charge is 0.191 e. The first kappa shape index (κ1) is 18.1. The van der Waals surface area contributed by atoms with Gasteiger partial charge in [0.2, 0.25) is 0 Å². The molecule has 1 aromatic carbocycles. The van der Waals surface area contributed by atoms with Gasteiger partial charge in [-0.1, -0.05) is 23.4 Å². The summed E-state index contributed by atoms with van der Waals surface area (Å²) in [6.45, 7) is 1.18. The summed E-state index contributed by atoms with van der Waals surface area (Å²) in [5.41, 5.74) is 5.52. The predicted molar refractivity (Wildman–Crippen MR) is 88.7 cm³/mol. The average molecular weight is 349 g/mol. The van der Waals surface area contributed by atoms with Crippen molar-refractivity contribution in [2.45, 2.75) is 11.6 Å². The summed E-state index contributed by atoms with van der Waals surface area (Å²) in [6, 6.07) is 7.33. The molecule has 0 aliphatic carbocycles. The standard InChI is InChI=1S/C13H17ClN4OS.ClH/c1-18-12(6-7-15)16-17-13(18)20-9-8-19-11-4-2-10(14)3-5-11;/h2-5H,6-9,15H2,1H3;1H. The van der Waals surface area contributed by atoms with Crippen LogP contribution in [0.1, 0.15) is 5.82 Å². The number of ether oxygens (including phenoxy) is 1. The summed E-state index contributed by atoms with van der Waals surface area (Å²) in [6.07, 6.45) is 0.741. The number of thioether (sulfide) groups is 1. The van der Waals surface area contributed by atoms with Gasteiger partial charge in [-0.15, -0.1) is 22.6 Å². The molecular formula is C13H18Cl2N4OS. The Morgan fingerprint density at radius 1 is 1.29 bits per heavy atom. The van der Waals surface area contributed by atoms with Gasteiger partial charge in [-0.3, -0.25) is 0 Å². The summed E-state index contributed by atoms with van der Waals surface area (Å²) in [4.78, 5) is 0. The van der Waals surface area contributed by atoms with Crippen LogP contribution in [0.3, 0.4) is 0 Å². The third-order valence-corrected chi connectivity index (χ3v) is 3.93. The van der Waals surface area contributed by atoms with Gasteiger partial charge in [0.05, 0.1) is 6.61 Å². The number of halogens is 2. The topological polar surface area (TPSA) is 66.0 Å². The van der Waals surface area contributed by atoms with E-state index >= 15 is 0 Å². The molecule has 21 heavy (non-hydrogen) atoms. The molecule has 2 rings (SSSR count). The van der Waals surface area contributed by atoms with E-state index in [0.717, 1.165) is 28.9 Å². The zero-order valence-corrected chi connectivity index (χ0v) is 14.0. The molecule has 2 aromatic rings. The van der Waals surface area contributed by atoms with E-state index in [2.05, 4.69) is 10.2 Å². The van der Waals surface area contributed by atoms with Crippen LogP contribution in [0.25, 0.3) is 0 Å². The quantitative estimate of drug-likeness (QED) is 0.615. The zero-order valence-electron chi connectivity index (χ0n) is 11.7. The first-order valence-corrected chi connectivity index (χ1v) is 7.66. The molecule has 0 bridgehead atoms. The van der Waals surface area contributed by atoms with Crippen molar-refractivity contribution in [1.82, 2.24) is 14.8 Å². The highest BCUT2D eigenvalue weighted by Crippen LogP contribution is 2.18. The number of aromatic nitrogens is 3. The van der Waals surface area contributed by atoms with Crippen LogP contribution in [-0.2, 0) is 13.5 Å². The van der Waals surface area contributed by atoms with Gasteiger partial charge in [-0.2, -0.15) is 0 Å². The molecule has 1 heterocycles. The fourth-order valence-electron chi connectivity index (χ4n) is 1.64. The highest BCUT2D eigenvalue weighted by molar-refractivity contribution is 7.99. The third-order valence-electron chi connectivity index (χ3n) is 2.69. The van der Waals surface area contributed by atoms with E-state index in [1.807, 2.05) is 35.9 Å². The molecule has 0 fully saturated rings. The average Bonchev–Trinajstić information content (AvgIpc) is 2.79. The van der Waals surface area contributed by atoms with Crippen molar-refractivity contribution >= 4 is 35.8 Å². The molecule has 0 atom stereocenters. The second-order valence-electron chi connectivity index (χ2n) is 4.15. The monoisotopic (exact) mass is 348 g/mol. The van der Waals surface area contributed by atoms with Crippen LogP contribution < -0.4 is 10.5 Å². The molecule has 0 aliphatic heterocycles. The minimum atomic E-state index is 0. The maximum absolute atomic E-state index is 5.81. The van der Waals surface area contributed by atoms with Gasteiger partial charge in [-0.25, -0.2) is 0 Å². The van der Waals surface area contributed by atoms with Gasteiger partial charge in [0, 0.05) is 24.2 Å². The molecule has 0 radical (unpaired) electrons. The normalized spacial score (nSPS) is 10.2. The molecule has 116 valence electrons. The van der Waals surface area contributed by atoms with E-state index in [9.17, 15) is 0 Å². The molecule has 5 nitrogen and oxygen atoms in total. The molecule has 0 amide bonds. The van der Waals surface area contributed by atoms with E-state index in [1.54, 1.807) is 11.8 Å². The lowest BCUT2D eigenvalue weighted by molar-refractivity contribution is 0.344. The van der Waals surface area contributed by atoms with Gasteiger partial charge in [0.1, 0.15) is 11.6 Å². The van der Waals surface area contributed by atoms with Crippen molar-refractivity contribution in [1.29, 1.82) is 0 Å². The fraction of sp³-hybridized carbons (Fsp3) is 0.385. The zero-order chi connectivity index (χ0) is 14.4. The van der Waals surface area contributed by atoms with Crippen molar-refractivity contribution in [3.05, 3.63) is 35.1 Å². The van der Waals surface area contributed by atoms with Crippen LogP contribution in [0.4, 0.5) is 0 Å². The number of nitrogens with zero attached hydrogens (tertiary/aromatic N) is 3. The summed E-state index contributed by atoms with van der Waals surface area (Å²) in [5, 5.41) is 9.84. The van der Waals surface area contributed by atoms with Crippen molar-refractivity contribution in [2.24, 2.45) is 12.8 Å². The molecule has 8 heteroatoms. The van der Waals surface area contributed by atoms with Gasteiger partial charge in [-0.05, 0) is 30.8 Å². The van der Waals surface area contributed by atoms with Gasteiger partial charge in [0.25, 0.3) is 0 Å². The van der Waals surface area contributed by atoms with Crippen molar-refractivity contribution in [3.8, 4) is 5.75 Å². The molecule has 0 spiro atoms. The lowest BCUT2D eigenvalue weighted by atomic mass is 10.3. The second kappa shape index (κ2) is 9.15. The Balaban J connectivity index is 0.00000220. The Hall–Kier alpha value is -0.950. The van der Waals surface area contributed by atoms with E-state index in [1.165, 1.54) is 0 Å². The van der Waals surface area contributed by atoms with Gasteiger partial charge >= 0.3 is 0 Å². The number of nitrogens with two attached hydrogens (primary N) is 1. The summed E-state index contributed by atoms with van der Waals surface area (Å²) in [7, 11) is 1.95. The van der Waals surface area contributed by atoms with Gasteiger partial charge in [0.15, 0.2) is 5.16 Å². The first-order valence-electron chi connectivity index (χ1n) is 6.30. The number of rotatable bonds is 7. The molecule has 2 N–H and O–H groups in total. The van der Waals surface area contributed by atoms with E-state index in [-0.39, 0.29) is 12.4 Å². The first-order chi connectivity index (χ1) is 9.70. The molecule has 0 aliphatic rings. The number of hydrogen-bond donors (Lipinski definition) is 1. The fourth-order valence-corrected chi connectivity index (χ4v) is 2.51. The minimum Gasteiger partial charge on any atom is -0.493 e. The summed E-state index contributed by atoms with van der Waals surface area (Å²) < 4.78 is 7.59. The second-order valence-corrected chi connectivity index (χ2v) is 5.65. The maximum Gasteiger partial charge on any atom is 0.191 e. The Labute approximate surface area is 139 Å². The minimum absolute atomic E-state index is 0. The van der Waals surface area contributed by atoms with Crippen LogP contribution in [0, 0.1) is 0 Å². The SMILES string of the molecule is Cl.Cn1c(CCN)nnc1SCCOc1ccc(Cl)cc1. The van der Waals surface area contributed by atoms with E-state index < -0.39 is 0 Å².